The maximum atomic E-state index is 12.1. The number of aliphatic hydroxyl groups excluding tert-OH is 1. The first-order valence-corrected chi connectivity index (χ1v) is 6.54. The summed E-state index contributed by atoms with van der Waals surface area (Å²) in [5.74, 6) is 1.07. The fraction of sp³-hybridized carbons (Fsp3) is 0.583. The van der Waals surface area contributed by atoms with Crippen molar-refractivity contribution in [2.24, 2.45) is 5.92 Å². The normalized spacial score (nSPS) is 23.0. The average molecular weight is 255 g/mol. The van der Waals surface area contributed by atoms with Crippen LogP contribution in [-0.2, 0) is 0 Å². The van der Waals surface area contributed by atoms with Crippen molar-refractivity contribution in [1.29, 1.82) is 0 Å². The molecule has 0 aromatic carbocycles. The third-order valence-electron chi connectivity index (χ3n) is 3.13. The van der Waals surface area contributed by atoms with E-state index in [1.165, 1.54) is 11.3 Å². The number of aliphatic hydroxyl groups is 1. The maximum absolute atomic E-state index is 12.1. The summed E-state index contributed by atoms with van der Waals surface area (Å²) in [4.78, 5) is 14.5. The number of ether oxygens (including phenoxy) is 1. The van der Waals surface area contributed by atoms with Crippen molar-refractivity contribution in [3.63, 3.8) is 0 Å². The summed E-state index contributed by atoms with van der Waals surface area (Å²) in [6.07, 6.45) is 1.44. The highest BCUT2D eigenvalue weighted by Crippen LogP contribution is 2.30. The second kappa shape index (κ2) is 5.06. The predicted molar refractivity (Wildman–Crippen MR) is 66.6 cm³/mol. The molecule has 0 unspecified atom stereocenters. The van der Waals surface area contributed by atoms with E-state index in [0.29, 0.717) is 23.1 Å². The van der Waals surface area contributed by atoms with E-state index in [4.69, 9.17) is 4.74 Å². The monoisotopic (exact) mass is 255 g/mol. The fourth-order valence-electron chi connectivity index (χ4n) is 2.11. The molecule has 1 N–H and O–H groups in total. The Morgan fingerprint density at radius 3 is 2.94 bits per heavy atom. The average Bonchev–Trinajstić information content (AvgIpc) is 2.73. The van der Waals surface area contributed by atoms with Crippen LogP contribution in [0.3, 0.4) is 0 Å². The SMILES string of the molecule is COc1ccsc1C(=O)N(C)CC1CC(O)C1. The van der Waals surface area contributed by atoms with Crippen molar-refractivity contribution >= 4 is 17.2 Å². The molecule has 0 saturated heterocycles. The smallest absolute Gasteiger partial charge is 0.267 e. The van der Waals surface area contributed by atoms with Crippen LogP contribution in [0, 0.1) is 5.92 Å². The highest BCUT2D eigenvalue weighted by molar-refractivity contribution is 7.12. The Hall–Kier alpha value is -1.07. The molecule has 1 aromatic rings. The molecule has 0 bridgehead atoms. The van der Waals surface area contributed by atoms with E-state index in [2.05, 4.69) is 0 Å². The highest BCUT2D eigenvalue weighted by Gasteiger charge is 2.30. The van der Waals surface area contributed by atoms with Gasteiger partial charge in [-0.25, -0.2) is 0 Å². The summed E-state index contributed by atoms with van der Waals surface area (Å²) in [6, 6.07) is 1.80. The second-order valence-electron chi connectivity index (χ2n) is 4.50. The third-order valence-corrected chi connectivity index (χ3v) is 4.02. The van der Waals surface area contributed by atoms with Gasteiger partial charge in [0.2, 0.25) is 0 Å². The van der Waals surface area contributed by atoms with Crippen LogP contribution >= 0.6 is 11.3 Å². The van der Waals surface area contributed by atoms with Gasteiger partial charge in [-0.05, 0) is 30.2 Å². The molecule has 1 heterocycles. The van der Waals surface area contributed by atoms with Gasteiger partial charge in [0.1, 0.15) is 10.6 Å². The van der Waals surface area contributed by atoms with Gasteiger partial charge in [0.05, 0.1) is 13.2 Å². The van der Waals surface area contributed by atoms with E-state index in [9.17, 15) is 9.90 Å². The molecule has 4 nitrogen and oxygen atoms in total. The van der Waals surface area contributed by atoms with E-state index >= 15 is 0 Å². The number of hydrogen-bond donors (Lipinski definition) is 1. The molecule has 0 radical (unpaired) electrons. The molecular formula is C12H17NO3S. The lowest BCUT2D eigenvalue weighted by Gasteiger charge is -2.34. The molecule has 5 heteroatoms. The topological polar surface area (TPSA) is 49.8 Å². The first-order chi connectivity index (χ1) is 8.11. The summed E-state index contributed by atoms with van der Waals surface area (Å²) in [5.41, 5.74) is 0. The quantitative estimate of drug-likeness (QED) is 0.889. The Balaban J connectivity index is 1.95. The van der Waals surface area contributed by atoms with Crippen LogP contribution in [0.4, 0.5) is 0 Å². The number of amides is 1. The zero-order valence-corrected chi connectivity index (χ0v) is 10.9. The molecule has 0 atom stereocenters. The maximum Gasteiger partial charge on any atom is 0.267 e. The lowest BCUT2D eigenvalue weighted by molar-refractivity contribution is 0.0266. The number of carbonyl (C=O) groups is 1. The number of thiophene rings is 1. The van der Waals surface area contributed by atoms with Gasteiger partial charge >= 0.3 is 0 Å². The van der Waals surface area contributed by atoms with Crippen LogP contribution in [0.25, 0.3) is 0 Å². The van der Waals surface area contributed by atoms with Crippen molar-refractivity contribution < 1.29 is 14.6 Å². The van der Waals surface area contributed by atoms with Gasteiger partial charge in [-0.2, -0.15) is 0 Å². The molecule has 0 spiro atoms. The van der Waals surface area contributed by atoms with E-state index in [0.717, 1.165) is 12.8 Å². The number of methoxy groups -OCH3 is 1. The molecule has 0 aliphatic heterocycles. The van der Waals surface area contributed by atoms with E-state index < -0.39 is 0 Å². The van der Waals surface area contributed by atoms with E-state index in [1.54, 1.807) is 25.1 Å². The van der Waals surface area contributed by atoms with Gasteiger partial charge in [-0.1, -0.05) is 0 Å². The summed E-state index contributed by atoms with van der Waals surface area (Å²) in [7, 11) is 3.37. The number of hydrogen-bond acceptors (Lipinski definition) is 4. The zero-order valence-electron chi connectivity index (χ0n) is 10.0. The second-order valence-corrected chi connectivity index (χ2v) is 5.41. The van der Waals surface area contributed by atoms with Crippen molar-refractivity contribution in [3.05, 3.63) is 16.3 Å². The van der Waals surface area contributed by atoms with Crippen LogP contribution in [0.1, 0.15) is 22.5 Å². The molecule has 94 valence electrons. The van der Waals surface area contributed by atoms with Gasteiger partial charge in [-0.3, -0.25) is 4.79 Å². The van der Waals surface area contributed by atoms with Gasteiger partial charge in [0.25, 0.3) is 5.91 Å². The Morgan fingerprint density at radius 2 is 2.35 bits per heavy atom. The fourth-order valence-corrected chi connectivity index (χ4v) is 2.96. The Bertz CT molecular complexity index is 398. The van der Waals surface area contributed by atoms with Crippen LogP contribution in [-0.4, -0.2) is 42.7 Å². The first kappa shape index (κ1) is 12.4. The minimum absolute atomic E-state index is 0.00163. The van der Waals surface area contributed by atoms with E-state index in [1.807, 2.05) is 5.38 Å². The summed E-state index contributed by atoms with van der Waals surface area (Å²) in [5, 5.41) is 11.1. The van der Waals surface area contributed by atoms with Crippen LogP contribution in [0.15, 0.2) is 11.4 Å². The van der Waals surface area contributed by atoms with Crippen LogP contribution < -0.4 is 4.74 Å². The van der Waals surface area contributed by atoms with Gasteiger partial charge in [0.15, 0.2) is 0 Å². The lowest BCUT2D eigenvalue weighted by Crippen LogP contribution is -2.39. The van der Waals surface area contributed by atoms with Crippen LogP contribution in [0.2, 0.25) is 0 Å². The Labute approximate surface area is 105 Å². The molecular weight excluding hydrogens is 238 g/mol. The van der Waals surface area contributed by atoms with Gasteiger partial charge < -0.3 is 14.7 Å². The van der Waals surface area contributed by atoms with E-state index in [-0.39, 0.29) is 12.0 Å². The molecule has 1 amide bonds. The van der Waals surface area contributed by atoms with Gasteiger partial charge in [0, 0.05) is 13.6 Å². The van der Waals surface area contributed by atoms with Crippen molar-refractivity contribution in [3.8, 4) is 5.75 Å². The summed E-state index contributed by atoms with van der Waals surface area (Å²) < 4.78 is 5.14. The zero-order chi connectivity index (χ0) is 12.4. The molecule has 17 heavy (non-hydrogen) atoms. The van der Waals surface area contributed by atoms with Gasteiger partial charge in [-0.15, -0.1) is 11.3 Å². The largest absolute Gasteiger partial charge is 0.495 e. The standard InChI is InChI=1S/C12H17NO3S/c1-13(7-8-5-9(14)6-8)12(15)11-10(16-2)3-4-17-11/h3-4,8-9,14H,5-7H2,1-2H3. The number of nitrogens with zero attached hydrogens (tertiary/aromatic N) is 1. The molecule has 1 aromatic heterocycles. The molecule has 1 aliphatic carbocycles. The Kier molecular flexibility index (Phi) is 3.69. The Morgan fingerprint density at radius 1 is 1.65 bits per heavy atom. The predicted octanol–water partition coefficient (Wildman–Crippen LogP) is 1.60. The summed E-state index contributed by atoms with van der Waals surface area (Å²) >= 11 is 1.40. The number of carbonyl (C=O) groups excluding carboxylic acids is 1. The first-order valence-electron chi connectivity index (χ1n) is 5.66. The van der Waals surface area contributed by atoms with Crippen molar-refractivity contribution in [1.82, 2.24) is 4.90 Å². The molecule has 1 fully saturated rings. The minimum atomic E-state index is -0.167. The number of rotatable bonds is 4. The lowest BCUT2D eigenvalue weighted by atomic mass is 9.82. The minimum Gasteiger partial charge on any atom is -0.495 e. The molecule has 1 saturated carbocycles. The molecule has 1 aliphatic rings. The van der Waals surface area contributed by atoms with Crippen molar-refractivity contribution in [2.75, 3.05) is 20.7 Å². The highest BCUT2D eigenvalue weighted by atomic mass is 32.1. The van der Waals surface area contributed by atoms with Crippen molar-refractivity contribution in [2.45, 2.75) is 18.9 Å². The molecule has 2 rings (SSSR count). The van der Waals surface area contributed by atoms with Crippen LogP contribution in [0.5, 0.6) is 5.75 Å². The third kappa shape index (κ3) is 2.61. The summed E-state index contributed by atoms with van der Waals surface area (Å²) in [6.45, 7) is 0.705.